The summed E-state index contributed by atoms with van der Waals surface area (Å²) in [7, 11) is 4.19. The number of hydrogen-bond acceptors (Lipinski definition) is 2. The van der Waals surface area contributed by atoms with Gasteiger partial charge in [-0.05, 0) is 25.0 Å². The van der Waals surface area contributed by atoms with Crippen LogP contribution in [0.4, 0.5) is 5.69 Å². The number of nitrogens with zero attached hydrogens (tertiary/aromatic N) is 2. The van der Waals surface area contributed by atoms with Gasteiger partial charge in [-0.15, -0.1) is 0 Å². The number of fused-ring (bicyclic) bond motifs is 1. The summed E-state index contributed by atoms with van der Waals surface area (Å²) in [6, 6.07) is 9.22. The Balaban J connectivity index is 2.40. The Kier molecular flexibility index (Phi) is 2.00. The SMILES string of the molecule is CC1Cc2ccccc2N1N(C)C. The van der Waals surface area contributed by atoms with Gasteiger partial charge in [0.15, 0.2) is 0 Å². The molecule has 1 heterocycles. The average molecular weight is 176 g/mol. The first-order valence-corrected chi connectivity index (χ1v) is 4.74. The second-order valence-electron chi connectivity index (χ2n) is 3.87. The van der Waals surface area contributed by atoms with E-state index in [1.54, 1.807) is 0 Å². The van der Waals surface area contributed by atoms with Crippen LogP contribution in [0.5, 0.6) is 0 Å². The fourth-order valence-electron chi connectivity index (χ4n) is 2.16. The molecule has 0 aliphatic carbocycles. The number of anilines is 1. The highest BCUT2D eigenvalue weighted by Crippen LogP contribution is 2.31. The zero-order chi connectivity index (χ0) is 9.42. The summed E-state index contributed by atoms with van der Waals surface area (Å²) in [4.78, 5) is 0. The van der Waals surface area contributed by atoms with Crippen molar-refractivity contribution in [2.75, 3.05) is 19.1 Å². The van der Waals surface area contributed by atoms with Gasteiger partial charge in [0.25, 0.3) is 0 Å². The summed E-state index contributed by atoms with van der Waals surface area (Å²) >= 11 is 0. The molecule has 2 rings (SSSR count). The lowest BCUT2D eigenvalue weighted by Crippen LogP contribution is -2.40. The van der Waals surface area contributed by atoms with Crippen molar-refractivity contribution in [3.8, 4) is 0 Å². The standard InChI is InChI=1S/C11H16N2/c1-9-8-10-6-4-5-7-11(10)13(9)12(2)3/h4-7,9H,8H2,1-3H3. The number of rotatable bonds is 1. The molecule has 1 aliphatic rings. The second kappa shape index (κ2) is 3.04. The quantitative estimate of drug-likeness (QED) is 0.645. The highest BCUT2D eigenvalue weighted by molar-refractivity contribution is 5.58. The van der Waals surface area contributed by atoms with E-state index in [1.165, 1.54) is 11.3 Å². The van der Waals surface area contributed by atoms with Gasteiger partial charge in [0.2, 0.25) is 0 Å². The lowest BCUT2D eigenvalue weighted by Gasteiger charge is -2.31. The molecule has 1 unspecified atom stereocenters. The number of hydrazine groups is 1. The van der Waals surface area contributed by atoms with Gasteiger partial charge in [-0.3, -0.25) is 0 Å². The molecule has 1 atom stereocenters. The largest absolute Gasteiger partial charge is 0.303 e. The molecule has 0 aromatic heterocycles. The van der Waals surface area contributed by atoms with Crippen LogP contribution in [0.3, 0.4) is 0 Å². The molecule has 1 aromatic rings. The number of para-hydroxylation sites is 1. The molecule has 13 heavy (non-hydrogen) atoms. The van der Waals surface area contributed by atoms with Crippen molar-refractivity contribution in [1.82, 2.24) is 5.01 Å². The Morgan fingerprint density at radius 3 is 2.69 bits per heavy atom. The van der Waals surface area contributed by atoms with Crippen molar-refractivity contribution < 1.29 is 0 Å². The minimum Gasteiger partial charge on any atom is -0.303 e. The lowest BCUT2D eigenvalue weighted by molar-refractivity contribution is 0.344. The fourth-order valence-corrected chi connectivity index (χ4v) is 2.16. The van der Waals surface area contributed by atoms with Crippen LogP contribution in [0.1, 0.15) is 12.5 Å². The van der Waals surface area contributed by atoms with Crippen LogP contribution in [-0.4, -0.2) is 25.1 Å². The van der Waals surface area contributed by atoms with E-state index in [1.807, 2.05) is 0 Å². The van der Waals surface area contributed by atoms with Gasteiger partial charge < -0.3 is 5.01 Å². The Morgan fingerprint density at radius 2 is 2.00 bits per heavy atom. The Bertz CT molecular complexity index is 307. The number of benzene rings is 1. The van der Waals surface area contributed by atoms with Gasteiger partial charge in [0, 0.05) is 20.1 Å². The van der Waals surface area contributed by atoms with Crippen molar-refractivity contribution in [2.45, 2.75) is 19.4 Å². The monoisotopic (exact) mass is 176 g/mol. The molecule has 0 fully saturated rings. The van der Waals surface area contributed by atoms with Gasteiger partial charge in [0.05, 0.1) is 5.69 Å². The summed E-state index contributed by atoms with van der Waals surface area (Å²) in [6.07, 6.45) is 1.16. The van der Waals surface area contributed by atoms with Crippen LogP contribution in [0, 0.1) is 0 Å². The molecule has 2 nitrogen and oxygen atoms in total. The summed E-state index contributed by atoms with van der Waals surface area (Å²) in [5.41, 5.74) is 2.82. The third-order valence-electron chi connectivity index (χ3n) is 2.60. The summed E-state index contributed by atoms with van der Waals surface area (Å²) in [6.45, 7) is 2.26. The molecule has 1 aliphatic heterocycles. The van der Waals surface area contributed by atoms with E-state index in [9.17, 15) is 0 Å². The third kappa shape index (κ3) is 1.31. The van der Waals surface area contributed by atoms with Crippen molar-refractivity contribution in [3.63, 3.8) is 0 Å². The topological polar surface area (TPSA) is 6.48 Å². The van der Waals surface area contributed by atoms with E-state index in [2.05, 4.69) is 55.3 Å². The van der Waals surface area contributed by atoms with Crippen molar-refractivity contribution >= 4 is 5.69 Å². The van der Waals surface area contributed by atoms with E-state index in [4.69, 9.17) is 0 Å². The van der Waals surface area contributed by atoms with Gasteiger partial charge >= 0.3 is 0 Å². The lowest BCUT2D eigenvalue weighted by atomic mass is 10.1. The molecule has 0 amide bonds. The van der Waals surface area contributed by atoms with E-state index in [0.29, 0.717) is 6.04 Å². The van der Waals surface area contributed by atoms with E-state index in [-0.39, 0.29) is 0 Å². The van der Waals surface area contributed by atoms with Gasteiger partial charge in [-0.2, -0.15) is 0 Å². The Labute approximate surface area is 79.7 Å². The molecule has 0 radical (unpaired) electrons. The molecule has 0 saturated heterocycles. The van der Waals surface area contributed by atoms with Gasteiger partial charge in [-0.1, -0.05) is 18.2 Å². The Morgan fingerprint density at radius 1 is 1.31 bits per heavy atom. The van der Waals surface area contributed by atoms with Crippen molar-refractivity contribution in [3.05, 3.63) is 29.8 Å². The van der Waals surface area contributed by atoms with Crippen LogP contribution in [0.2, 0.25) is 0 Å². The summed E-state index contributed by atoms with van der Waals surface area (Å²) < 4.78 is 0. The second-order valence-corrected chi connectivity index (χ2v) is 3.87. The summed E-state index contributed by atoms with van der Waals surface area (Å²) in [5.74, 6) is 0. The molecule has 0 bridgehead atoms. The van der Waals surface area contributed by atoms with Gasteiger partial charge in [-0.25, -0.2) is 5.01 Å². The highest BCUT2D eigenvalue weighted by atomic mass is 15.6. The van der Waals surface area contributed by atoms with Crippen molar-refractivity contribution in [1.29, 1.82) is 0 Å². The summed E-state index contributed by atoms with van der Waals surface area (Å²) in [5, 5.41) is 4.51. The first-order valence-electron chi connectivity index (χ1n) is 4.74. The van der Waals surface area contributed by atoms with Crippen LogP contribution in [0.25, 0.3) is 0 Å². The van der Waals surface area contributed by atoms with Crippen LogP contribution in [0.15, 0.2) is 24.3 Å². The van der Waals surface area contributed by atoms with Crippen molar-refractivity contribution in [2.24, 2.45) is 0 Å². The fraction of sp³-hybridized carbons (Fsp3) is 0.455. The van der Waals surface area contributed by atoms with Gasteiger partial charge in [0.1, 0.15) is 0 Å². The molecule has 0 N–H and O–H groups in total. The minimum atomic E-state index is 0.590. The average Bonchev–Trinajstić information content (AvgIpc) is 2.39. The van der Waals surface area contributed by atoms with Crippen LogP contribution in [-0.2, 0) is 6.42 Å². The molecule has 0 saturated carbocycles. The normalized spacial score (nSPS) is 20.9. The number of hydrogen-bond donors (Lipinski definition) is 0. The molecule has 70 valence electrons. The molecular formula is C11H16N2. The predicted octanol–water partition coefficient (Wildman–Crippen LogP) is 1.91. The minimum absolute atomic E-state index is 0.590. The smallest absolute Gasteiger partial charge is 0.0558 e. The predicted molar refractivity (Wildman–Crippen MR) is 55.8 cm³/mol. The van der Waals surface area contributed by atoms with Crippen LogP contribution < -0.4 is 5.01 Å². The van der Waals surface area contributed by atoms with Crippen LogP contribution >= 0.6 is 0 Å². The first-order chi connectivity index (χ1) is 6.20. The molecular weight excluding hydrogens is 160 g/mol. The maximum absolute atomic E-state index is 2.34. The Hall–Kier alpha value is -1.02. The maximum Gasteiger partial charge on any atom is 0.0558 e. The zero-order valence-corrected chi connectivity index (χ0v) is 8.49. The zero-order valence-electron chi connectivity index (χ0n) is 8.49. The van der Waals surface area contributed by atoms with E-state index < -0.39 is 0 Å². The highest BCUT2D eigenvalue weighted by Gasteiger charge is 2.26. The first kappa shape index (κ1) is 8.57. The molecule has 2 heteroatoms. The maximum atomic E-state index is 2.34. The molecule has 0 spiro atoms. The van der Waals surface area contributed by atoms with E-state index in [0.717, 1.165) is 6.42 Å². The van der Waals surface area contributed by atoms with E-state index >= 15 is 0 Å². The third-order valence-corrected chi connectivity index (χ3v) is 2.60. The molecule has 1 aromatic carbocycles.